The number of nitrogens with zero attached hydrogens (tertiary/aromatic N) is 1. The lowest BCUT2D eigenvalue weighted by Gasteiger charge is -2.14. The van der Waals surface area contributed by atoms with E-state index in [1.165, 1.54) is 11.1 Å². The van der Waals surface area contributed by atoms with E-state index in [0.29, 0.717) is 22.7 Å². The first-order valence-electron chi connectivity index (χ1n) is 9.71. The Balaban J connectivity index is 1.53. The minimum absolute atomic E-state index is 0.0365. The molecule has 0 bridgehead atoms. The summed E-state index contributed by atoms with van der Waals surface area (Å²) in [5, 5.41) is 3.94. The molecule has 8 heteroatoms. The minimum Gasteiger partial charge on any atom is -0.483 e. The van der Waals surface area contributed by atoms with Crippen LogP contribution in [0.25, 0.3) is 6.08 Å². The first-order valence-corrected chi connectivity index (χ1v) is 10.5. The van der Waals surface area contributed by atoms with Gasteiger partial charge in [-0.15, -0.1) is 0 Å². The maximum atomic E-state index is 12.8. The Morgan fingerprint density at radius 2 is 1.69 bits per heavy atom. The highest BCUT2D eigenvalue weighted by Crippen LogP contribution is 2.28. The van der Waals surface area contributed by atoms with Crippen molar-refractivity contribution in [1.29, 1.82) is 0 Å². The molecule has 32 heavy (non-hydrogen) atoms. The number of halogens is 1. The molecule has 4 rings (SSSR count). The molecule has 1 aliphatic heterocycles. The van der Waals surface area contributed by atoms with Gasteiger partial charge in [0.1, 0.15) is 11.3 Å². The first kappa shape index (κ1) is 21.3. The second kappa shape index (κ2) is 9.49. The summed E-state index contributed by atoms with van der Waals surface area (Å²) in [6, 6.07) is 23.0. The lowest BCUT2D eigenvalue weighted by atomic mass is 10.1. The molecule has 1 saturated heterocycles. The van der Waals surface area contributed by atoms with Crippen LogP contribution in [-0.2, 0) is 14.4 Å². The van der Waals surface area contributed by atoms with Gasteiger partial charge in [0.25, 0.3) is 17.7 Å². The number of para-hydroxylation sites is 2. The quantitative estimate of drug-likeness (QED) is 0.404. The van der Waals surface area contributed by atoms with Crippen LogP contribution in [0, 0.1) is 0 Å². The van der Waals surface area contributed by atoms with Gasteiger partial charge in [0, 0.05) is 15.7 Å². The minimum atomic E-state index is -0.522. The standard InChI is InChI=1S/C24H18BrN3O4/c25-17-11-12-21(32-15-22(29)26-18-7-3-1-4-8-18)16(13-17)14-20-23(30)27-28(24(20)31)19-9-5-2-6-10-19/h1-14H,15H2,(H,26,29)(H,27,30). The molecule has 2 N–H and O–H groups in total. The van der Waals surface area contributed by atoms with E-state index in [4.69, 9.17) is 4.74 Å². The van der Waals surface area contributed by atoms with Crippen molar-refractivity contribution in [2.75, 3.05) is 16.9 Å². The van der Waals surface area contributed by atoms with Crippen molar-refractivity contribution >= 4 is 51.1 Å². The Bertz CT molecular complexity index is 1200. The normalized spacial score (nSPS) is 14.4. The Kier molecular flexibility index (Phi) is 6.32. The van der Waals surface area contributed by atoms with Crippen molar-refractivity contribution in [3.63, 3.8) is 0 Å². The van der Waals surface area contributed by atoms with Crippen LogP contribution in [0.3, 0.4) is 0 Å². The van der Waals surface area contributed by atoms with Crippen molar-refractivity contribution in [3.8, 4) is 5.75 Å². The van der Waals surface area contributed by atoms with E-state index >= 15 is 0 Å². The fourth-order valence-corrected chi connectivity index (χ4v) is 3.48. The molecular weight excluding hydrogens is 474 g/mol. The van der Waals surface area contributed by atoms with Gasteiger partial charge in [-0.05, 0) is 48.5 Å². The van der Waals surface area contributed by atoms with E-state index < -0.39 is 11.8 Å². The number of rotatable bonds is 6. The van der Waals surface area contributed by atoms with Gasteiger partial charge < -0.3 is 10.1 Å². The molecule has 0 aliphatic carbocycles. The van der Waals surface area contributed by atoms with Crippen molar-refractivity contribution in [1.82, 2.24) is 5.43 Å². The summed E-state index contributed by atoms with van der Waals surface area (Å²) in [4.78, 5) is 37.6. The van der Waals surface area contributed by atoms with Gasteiger partial charge in [0.2, 0.25) is 0 Å². The fourth-order valence-electron chi connectivity index (χ4n) is 3.10. The van der Waals surface area contributed by atoms with Crippen molar-refractivity contribution < 1.29 is 19.1 Å². The number of hydrogen-bond donors (Lipinski definition) is 2. The van der Waals surface area contributed by atoms with Gasteiger partial charge in [-0.1, -0.05) is 52.3 Å². The molecular formula is C24H18BrN3O4. The molecule has 7 nitrogen and oxygen atoms in total. The highest BCUT2D eigenvalue weighted by molar-refractivity contribution is 9.10. The van der Waals surface area contributed by atoms with Crippen LogP contribution in [-0.4, -0.2) is 24.3 Å². The second-order valence-corrected chi connectivity index (χ2v) is 7.78. The predicted octanol–water partition coefficient (Wildman–Crippen LogP) is 3.93. The second-order valence-electron chi connectivity index (χ2n) is 6.86. The van der Waals surface area contributed by atoms with E-state index in [1.807, 2.05) is 24.3 Å². The topological polar surface area (TPSA) is 87.7 Å². The van der Waals surface area contributed by atoms with E-state index in [2.05, 4.69) is 26.7 Å². The largest absolute Gasteiger partial charge is 0.483 e. The van der Waals surface area contributed by atoms with Crippen LogP contribution in [0.2, 0.25) is 0 Å². The molecule has 3 aromatic carbocycles. The number of nitrogens with one attached hydrogen (secondary N) is 2. The van der Waals surface area contributed by atoms with Gasteiger partial charge in [-0.3, -0.25) is 19.8 Å². The lowest BCUT2D eigenvalue weighted by Crippen LogP contribution is -2.35. The molecule has 0 radical (unpaired) electrons. The van der Waals surface area contributed by atoms with Gasteiger partial charge in [0.05, 0.1) is 5.69 Å². The molecule has 0 unspecified atom stereocenters. The molecule has 3 aromatic rings. The predicted molar refractivity (Wildman–Crippen MR) is 125 cm³/mol. The zero-order valence-corrected chi connectivity index (χ0v) is 18.3. The van der Waals surface area contributed by atoms with Gasteiger partial charge in [0.15, 0.2) is 6.61 Å². The summed E-state index contributed by atoms with van der Waals surface area (Å²) >= 11 is 3.39. The molecule has 0 saturated carbocycles. The van der Waals surface area contributed by atoms with Crippen LogP contribution in [0.15, 0.2) is 88.9 Å². The molecule has 0 atom stereocenters. The number of benzene rings is 3. The lowest BCUT2D eigenvalue weighted by molar-refractivity contribution is -0.118. The van der Waals surface area contributed by atoms with Gasteiger partial charge in [-0.2, -0.15) is 0 Å². The summed E-state index contributed by atoms with van der Waals surface area (Å²) in [7, 11) is 0. The van der Waals surface area contributed by atoms with Gasteiger partial charge in [-0.25, -0.2) is 5.01 Å². The number of amides is 3. The summed E-state index contributed by atoms with van der Waals surface area (Å²) in [5.74, 6) is -0.967. The third-order valence-corrected chi connectivity index (χ3v) is 5.09. The molecule has 160 valence electrons. The number of carbonyl (C=O) groups excluding carboxylic acids is 3. The zero-order valence-electron chi connectivity index (χ0n) is 16.7. The van der Waals surface area contributed by atoms with Crippen molar-refractivity contribution in [3.05, 3.63) is 94.5 Å². The molecule has 1 fully saturated rings. The van der Waals surface area contributed by atoms with E-state index in [-0.39, 0.29) is 18.1 Å². The van der Waals surface area contributed by atoms with Gasteiger partial charge >= 0.3 is 0 Å². The maximum Gasteiger partial charge on any atom is 0.282 e. The first-order chi connectivity index (χ1) is 15.5. The third kappa shape index (κ3) is 4.87. The number of anilines is 2. The molecule has 0 spiro atoms. The number of hydrazine groups is 1. The average Bonchev–Trinajstić information content (AvgIpc) is 3.08. The Hall–Kier alpha value is -3.91. The molecule has 1 aliphatic rings. The summed E-state index contributed by atoms with van der Waals surface area (Å²) in [6.45, 7) is -0.233. The summed E-state index contributed by atoms with van der Waals surface area (Å²) in [5.41, 5.74) is 4.23. The Morgan fingerprint density at radius 1 is 1.00 bits per heavy atom. The Labute approximate surface area is 192 Å². The highest BCUT2D eigenvalue weighted by atomic mass is 79.9. The smallest absolute Gasteiger partial charge is 0.282 e. The Morgan fingerprint density at radius 3 is 2.41 bits per heavy atom. The third-order valence-electron chi connectivity index (χ3n) is 4.59. The molecule has 1 heterocycles. The summed E-state index contributed by atoms with van der Waals surface area (Å²) in [6.07, 6.45) is 1.45. The van der Waals surface area contributed by atoms with Crippen LogP contribution in [0.5, 0.6) is 5.75 Å². The maximum absolute atomic E-state index is 12.8. The van der Waals surface area contributed by atoms with E-state index in [9.17, 15) is 14.4 Å². The van der Waals surface area contributed by atoms with Crippen molar-refractivity contribution in [2.24, 2.45) is 0 Å². The monoisotopic (exact) mass is 491 g/mol. The number of ether oxygens (including phenoxy) is 1. The SMILES string of the molecule is O=C(COc1ccc(Br)cc1C=C1C(=O)NN(c2ccccc2)C1=O)Nc1ccccc1. The van der Waals surface area contributed by atoms with E-state index in [1.54, 1.807) is 54.6 Å². The van der Waals surface area contributed by atoms with Crippen LogP contribution in [0.4, 0.5) is 11.4 Å². The number of carbonyl (C=O) groups is 3. The molecule has 3 amide bonds. The highest BCUT2D eigenvalue weighted by Gasteiger charge is 2.34. The number of hydrogen-bond acceptors (Lipinski definition) is 4. The summed E-state index contributed by atoms with van der Waals surface area (Å²) < 4.78 is 6.42. The van der Waals surface area contributed by atoms with Crippen LogP contribution in [0.1, 0.15) is 5.56 Å². The van der Waals surface area contributed by atoms with Crippen molar-refractivity contribution in [2.45, 2.75) is 0 Å². The molecule has 0 aromatic heterocycles. The van der Waals surface area contributed by atoms with Crippen LogP contribution < -0.4 is 20.5 Å². The average molecular weight is 492 g/mol. The fraction of sp³-hybridized carbons (Fsp3) is 0.0417. The van der Waals surface area contributed by atoms with E-state index in [0.717, 1.165) is 4.47 Å². The van der Waals surface area contributed by atoms with Crippen LogP contribution >= 0.6 is 15.9 Å². The zero-order chi connectivity index (χ0) is 22.5.